The Morgan fingerprint density at radius 1 is 1.39 bits per heavy atom. The topological polar surface area (TPSA) is 46.3 Å². The van der Waals surface area contributed by atoms with Crippen molar-refractivity contribution in [3.8, 4) is 0 Å². The molecule has 0 aromatic carbocycles. The quantitative estimate of drug-likeness (QED) is 0.775. The van der Waals surface area contributed by atoms with E-state index in [0.717, 1.165) is 13.0 Å². The van der Waals surface area contributed by atoms with E-state index in [-0.39, 0.29) is 0 Å². The van der Waals surface area contributed by atoms with Gasteiger partial charge in [0, 0.05) is 17.8 Å². The van der Waals surface area contributed by atoms with Gasteiger partial charge in [-0.2, -0.15) is 0 Å². The van der Waals surface area contributed by atoms with Gasteiger partial charge in [-0.15, -0.1) is 11.8 Å². The van der Waals surface area contributed by atoms with E-state index in [2.05, 4.69) is 18.7 Å². The van der Waals surface area contributed by atoms with Crippen molar-refractivity contribution in [1.82, 2.24) is 4.90 Å². The van der Waals surface area contributed by atoms with Gasteiger partial charge in [0.05, 0.1) is 5.75 Å². The molecule has 0 heterocycles. The van der Waals surface area contributed by atoms with Crippen LogP contribution in [0.5, 0.6) is 0 Å². The second-order valence-corrected chi connectivity index (χ2v) is 6.60. The third kappa shape index (κ3) is 5.19. The van der Waals surface area contributed by atoms with Crippen molar-refractivity contribution in [1.29, 1.82) is 0 Å². The predicted octanol–water partition coefficient (Wildman–Crippen LogP) is 2.64. The van der Waals surface area contributed by atoms with Crippen molar-refractivity contribution in [2.45, 2.75) is 63.7 Å². The standard InChI is InChI=1S/C14H28N2OS/c1-3-16(13-7-5-4-6-8-13)14(17)11-18-12(2)9-10-15/h12-13H,3-11,15H2,1-2H3. The molecule has 1 fully saturated rings. The SMILES string of the molecule is CCN(C(=O)CSC(C)CCN)C1CCCCC1. The fraction of sp³-hybridized carbons (Fsp3) is 0.929. The van der Waals surface area contributed by atoms with Gasteiger partial charge in [0.25, 0.3) is 0 Å². The zero-order valence-electron chi connectivity index (χ0n) is 11.9. The summed E-state index contributed by atoms with van der Waals surface area (Å²) in [6.45, 7) is 5.82. The number of hydrogen-bond acceptors (Lipinski definition) is 3. The summed E-state index contributed by atoms with van der Waals surface area (Å²) in [6.07, 6.45) is 7.29. The summed E-state index contributed by atoms with van der Waals surface area (Å²) in [7, 11) is 0. The smallest absolute Gasteiger partial charge is 0.232 e. The van der Waals surface area contributed by atoms with Crippen LogP contribution in [0.25, 0.3) is 0 Å². The molecule has 0 aliphatic heterocycles. The molecule has 0 radical (unpaired) electrons. The average Bonchev–Trinajstić information content (AvgIpc) is 2.39. The largest absolute Gasteiger partial charge is 0.339 e. The maximum Gasteiger partial charge on any atom is 0.232 e. The zero-order chi connectivity index (χ0) is 13.4. The van der Waals surface area contributed by atoms with Crippen molar-refractivity contribution < 1.29 is 4.79 Å². The predicted molar refractivity (Wildman–Crippen MR) is 79.9 cm³/mol. The van der Waals surface area contributed by atoms with Crippen molar-refractivity contribution in [3.05, 3.63) is 0 Å². The summed E-state index contributed by atoms with van der Waals surface area (Å²) in [5.74, 6) is 0.934. The normalized spacial score (nSPS) is 18.6. The first kappa shape index (κ1) is 15.8. The Morgan fingerprint density at radius 2 is 2.06 bits per heavy atom. The van der Waals surface area contributed by atoms with Gasteiger partial charge in [0.2, 0.25) is 5.91 Å². The Balaban J connectivity index is 2.36. The van der Waals surface area contributed by atoms with Crippen molar-refractivity contribution >= 4 is 17.7 Å². The molecule has 0 aromatic rings. The van der Waals surface area contributed by atoms with Crippen LogP contribution in [0.4, 0.5) is 0 Å². The fourth-order valence-electron chi connectivity index (χ4n) is 2.65. The second kappa shape index (κ2) is 8.81. The Kier molecular flexibility index (Phi) is 7.75. The summed E-state index contributed by atoms with van der Waals surface area (Å²) in [5, 5.41) is 0.490. The number of nitrogens with zero attached hydrogens (tertiary/aromatic N) is 1. The van der Waals surface area contributed by atoms with E-state index in [4.69, 9.17) is 5.73 Å². The summed E-state index contributed by atoms with van der Waals surface area (Å²) in [5.41, 5.74) is 5.53. The molecule has 0 spiro atoms. The van der Waals surface area contributed by atoms with E-state index in [1.165, 1.54) is 32.1 Å². The lowest BCUT2D eigenvalue weighted by Gasteiger charge is -2.33. The second-order valence-electron chi connectivity index (χ2n) is 5.17. The van der Waals surface area contributed by atoms with E-state index >= 15 is 0 Å². The molecule has 0 saturated heterocycles. The highest BCUT2D eigenvalue weighted by Crippen LogP contribution is 2.23. The number of carbonyl (C=O) groups is 1. The first-order valence-electron chi connectivity index (χ1n) is 7.30. The van der Waals surface area contributed by atoms with Crippen LogP contribution in [-0.4, -0.2) is 40.9 Å². The van der Waals surface area contributed by atoms with E-state index < -0.39 is 0 Å². The van der Waals surface area contributed by atoms with Gasteiger partial charge in [-0.3, -0.25) is 4.79 Å². The lowest BCUT2D eigenvalue weighted by Crippen LogP contribution is -2.42. The highest BCUT2D eigenvalue weighted by Gasteiger charge is 2.24. The summed E-state index contributed by atoms with van der Waals surface area (Å²) >= 11 is 1.75. The minimum absolute atomic E-state index is 0.318. The van der Waals surface area contributed by atoms with Gasteiger partial charge in [-0.25, -0.2) is 0 Å². The minimum atomic E-state index is 0.318. The van der Waals surface area contributed by atoms with Crippen LogP contribution in [0, 0.1) is 0 Å². The van der Waals surface area contributed by atoms with Gasteiger partial charge in [0.1, 0.15) is 0 Å². The first-order chi connectivity index (χ1) is 8.69. The maximum atomic E-state index is 12.3. The molecule has 1 atom stereocenters. The van der Waals surface area contributed by atoms with Crippen LogP contribution >= 0.6 is 11.8 Å². The Bertz CT molecular complexity index is 242. The van der Waals surface area contributed by atoms with Crippen molar-refractivity contribution in [2.75, 3.05) is 18.8 Å². The monoisotopic (exact) mass is 272 g/mol. The number of carbonyl (C=O) groups excluding carboxylic acids is 1. The highest BCUT2D eigenvalue weighted by molar-refractivity contribution is 8.00. The molecule has 1 aliphatic carbocycles. The molecule has 4 heteroatoms. The third-order valence-corrected chi connectivity index (χ3v) is 4.96. The van der Waals surface area contributed by atoms with Crippen LogP contribution in [0.15, 0.2) is 0 Å². The lowest BCUT2D eigenvalue weighted by molar-refractivity contribution is -0.131. The molecule has 2 N–H and O–H groups in total. The molecule has 1 saturated carbocycles. The Morgan fingerprint density at radius 3 is 2.61 bits per heavy atom. The molecule has 3 nitrogen and oxygen atoms in total. The summed E-state index contributed by atoms with van der Waals surface area (Å²) in [4.78, 5) is 14.4. The van der Waals surface area contributed by atoms with E-state index in [0.29, 0.717) is 29.5 Å². The van der Waals surface area contributed by atoms with Crippen molar-refractivity contribution in [2.24, 2.45) is 5.73 Å². The molecular formula is C14H28N2OS. The number of rotatable bonds is 7. The summed E-state index contributed by atoms with van der Waals surface area (Å²) in [6, 6.07) is 0.502. The number of amides is 1. The molecule has 1 amide bonds. The van der Waals surface area contributed by atoms with Crippen molar-refractivity contribution in [3.63, 3.8) is 0 Å². The molecule has 0 bridgehead atoms. The van der Waals surface area contributed by atoms with Gasteiger partial charge in [0.15, 0.2) is 0 Å². The van der Waals surface area contributed by atoms with E-state index in [1.807, 2.05) is 0 Å². The first-order valence-corrected chi connectivity index (χ1v) is 8.35. The van der Waals surface area contributed by atoms with Crippen LogP contribution in [0.2, 0.25) is 0 Å². The number of hydrogen-bond donors (Lipinski definition) is 1. The summed E-state index contributed by atoms with van der Waals surface area (Å²) < 4.78 is 0. The molecule has 0 aromatic heterocycles. The molecule has 1 rings (SSSR count). The third-order valence-electron chi connectivity index (χ3n) is 3.74. The molecule has 1 aliphatic rings. The van der Waals surface area contributed by atoms with Crippen LogP contribution in [0.1, 0.15) is 52.4 Å². The highest BCUT2D eigenvalue weighted by atomic mass is 32.2. The van der Waals surface area contributed by atoms with Crippen LogP contribution < -0.4 is 5.73 Å². The molecule has 106 valence electrons. The lowest BCUT2D eigenvalue weighted by atomic mass is 9.94. The van der Waals surface area contributed by atoms with Crippen LogP contribution in [-0.2, 0) is 4.79 Å². The van der Waals surface area contributed by atoms with E-state index in [1.54, 1.807) is 11.8 Å². The van der Waals surface area contributed by atoms with Gasteiger partial charge in [-0.05, 0) is 32.7 Å². The minimum Gasteiger partial charge on any atom is -0.339 e. The fourth-order valence-corrected chi connectivity index (χ4v) is 3.54. The Hall–Kier alpha value is -0.220. The van der Waals surface area contributed by atoms with E-state index in [9.17, 15) is 4.79 Å². The van der Waals surface area contributed by atoms with Gasteiger partial charge >= 0.3 is 0 Å². The maximum absolute atomic E-state index is 12.3. The van der Waals surface area contributed by atoms with Gasteiger partial charge < -0.3 is 10.6 Å². The Labute approximate surface area is 116 Å². The number of thioether (sulfide) groups is 1. The molecule has 18 heavy (non-hydrogen) atoms. The van der Waals surface area contributed by atoms with Crippen LogP contribution in [0.3, 0.4) is 0 Å². The molecular weight excluding hydrogens is 244 g/mol. The number of nitrogens with two attached hydrogens (primary N) is 1. The van der Waals surface area contributed by atoms with Gasteiger partial charge in [-0.1, -0.05) is 26.2 Å². The zero-order valence-corrected chi connectivity index (χ0v) is 12.7. The molecule has 1 unspecified atom stereocenters. The average molecular weight is 272 g/mol.